The van der Waals surface area contributed by atoms with E-state index in [1.807, 2.05) is 0 Å². The third-order valence-corrected chi connectivity index (χ3v) is 7.10. The van der Waals surface area contributed by atoms with Crippen LogP contribution in [0.15, 0.2) is 0 Å². The van der Waals surface area contributed by atoms with Crippen LogP contribution in [0.1, 0.15) is 64.2 Å². The minimum atomic E-state index is 0.718. The van der Waals surface area contributed by atoms with E-state index in [2.05, 4.69) is 19.0 Å². The molecule has 1 heteroatoms. The Bertz CT molecular complexity index is 333. The molecule has 19 heavy (non-hydrogen) atoms. The van der Waals surface area contributed by atoms with Crippen LogP contribution in [-0.2, 0) is 0 Å². The largest absolute Gasteiger partial charge is 0.309 e. The first-order chi connectivity index (χ1) is 9.09. The molecular formula is C18H31N. The quantitative estimate of drug-likeness (QED) is 0.731. The fourth-order valence-corrected chi connectivity index (χ4v) is 7.40. The maximum absolute atomic E-state index is 2.48. The molecule has 0 N–H and O–H groups in total. The van der Waals surface area contributed by atoms with Crippen LogP contribution in [0.4, 0.5) is 0 Å². The molecule has 5 aliphatic rings. The molecule has 0 aromatic rings. The van der Waals surface area contributed by atoms with Crippen molar-refractivity contribution < 1.29 is 0 Å². The Kier molecular flexibility index (Phi) is 2.82. The van der Waals surface area contributed by atoms with Gasteiger partial charge in [0.05, 0.1) is 0 Å². The van der Waals surface area contributed by atoms with E-state index in [-0.39, 0.29) is 0 Å². The molecule has 0 heterocycles. The van der Waals surface area contributed by atoms with Gasteiger partial charge in [0.2, 0.25) is 0 Å². The predicted molar refractivity (Wildman–Crippen MR) is 80.1 cm³/mol. The van der Waals surface area contributed by atoms with Gasteiger partial charge in [-0.15, -0.1) is 0 Å². The van der Waals surface area contributed by atoms with E-state index in [4.69, 9.17) is 0 Å². The number of nitrogens with zero attached hydrogens (tertiary/aromatic N) is 1. The highest BCUT2D eigenvalue weighted by atomic mass is 15.1. The standard InChI is InChI=1S/C18H31N/c1-19(2)13-17-8-14-7-15(9-17)11-18(10-14,12-17)16-5-3-4-6-16/h14-16H,3-13H2,1-2H3/t14-,15+,17?,18?. The van der Waals surface area contributed by atoms with Gasteiger partial charge in [0, 0.05) is 6.54 Å². The van der Waals surface area contributed by atoms with E-state index >= 15 is 0 Å². The molecule has 0 aromatic carbocycles. The first-order valence-electron chi connectivity index (χ1n) is 8.74. The van der Waals surface area contributed by atoms with Gasteiger partial charge in [0.15, 0.2) is 0 Å². The van der Waals surface area contributed by atoms with Gasteiger partial charge in [-0.3, -0.25) is 0 Å². The smallest absolute Gasteiger partial charge is 0.00323 e. The molecule has 5 aliphatic carbocycles. The summed E-state index contributed by atoms with van der Waals surface area (Å²) in [4.78, 5) is 2.48. The molecule has 5 rings (SSSR count). The fraction of sp³-hybridized carbons (Fsp3) is 1.00. The molecule has 0 saturated heterocycles. The summed E-state index contributed by atoms with van der Waals surface area (Å²) in [6.45, 7) is 1.37. The summed E-state index contributed by atoms with van der Waals surface area (Å²) in [7, 11) is 4.58. The van der Waals surface area contributed by atoms with Crippen LogP contribution in [0, 0.1) is 28.6 Å². The maximum atomic E-state index is 2.48. The molecule has 4 bridgehead atoms. The Morgan fingerprint density at radius 1 is 0.947 bits per heavy atom. The Morgan fingerprint density at radius 2 is 1.58 bits per heavy atom. The Hall–Kier alpha value is -0.0400. The SMILES string of the molecule is CN(C)CC12C[C@H]3C[C@@H](C1)CC(C1CCCC1)(C3)C2. The summed E-state index contributed by atoms with van der Waals surface area (Å²) in [6.07, 6.45) is 15.7. The minimum Gasteiger partial charge on any atom is -0.309 e. The second kappa shape index (κ2) is 4.23. The monoisotopic (exact) mass is 261 g/mol. The Morgan fingerprint density at radius 3 is 2.16 bits per heavy atom. The van der Waals surface area contributed by atoms with Crippen molar-refractivity contribution in [3.63, 3.8) is 0 Å². The van der Waals surface area contributed by atoms with Gasteiger partial charge in [0.25, 0.3) is 0 Å². The zero-order chi connectivity index (χ0) is 13.1. The lowest BCUT2D eigenvalue weighted by Gasteiger charge is -2.64. The van der Waals surface area contributed by atoms with E-state index < -0.39 is 0 Å². The molecule has 0 aromatic heterocycles. The average Bonchev–Trinajstić information content (AvgIpc) is 2.78. The topological polar surface area (TPSA) is 3.24 Å². The van der Waals surface area contributed by atoms with Gasteiger partial charge in [0.1, 0.15) is 0 Å². The lowest BCUT2D eigenvalue weighted by Crippen LogP contribution is -2.56. The summed E-state index contributed by atoms with van der Waals surface area (Å²) >= 11 is 0. The van der Waals surface area contributed by atoms with Crippen molar-refractivity contribution in [1.29, 1.82) is 0 Å². The van der Waals surface area contributed by atoms with E-state index in [1.165, 1.54) is 19.4 Å². The van der Waals surface area contributed by atoms with Crippen molar-refractivity contribution >= 4 is 0 Å². The van der Waals surface area contributed by atoms with Gasteiger partial charge in [-0.1, -0.05) is 12.8 Å². The summed E-state index contributed by atoms with van der Waals surface area (Å²) in [5, 5.41) is 0. The van der Waals surface area contributed by atoms with Gasteiger partial charge in [-0.2, -0.15) is 0 Å². The van der Waals surface area contributed by atoms with E-state index in [1.54, 1.807) is 51.4 Å². The van der Waals surface area contributed by atoms with Crippen molar-refractivity contribution in [2.75, 3.05) is 20.6 Å². The van der Waals surface area contributed by atoms with Crippen LogP contribution >= 0.6 is 0 Å². The fourth-order valence-electron chi connectivity index (χ4n) is 7.40. The van der Waals surface area contributed by atoms with Gasteiger partial charge < -0.3 is 4.90 Å². The van der Waals surface area contributed by atoms with E-state index in [9.17, 15) is 0 Å². The molecule has 5 fully saturated rings. The van der Waals surface area contributed by atoms with E-state index in [0.717, 1.165) is 28.6 Å². The van der Waals surface area contributed by atoms with Gasteiger partial charge in [-0.05, 0) is 94.0 Å². The summed E-state index contributed by atoms with van der Waals surface area (Å²) in [5.41, 5.74) is 1.52. The maximum Gasteiger partial charge on any atom is 0.00323 e. The van der Waals surface area contributed by atoms with Gasteiger partial charge >= 0.3 is 0 Å². The summed E-state index contributed by atoms with van der Waals surface area (Å²) in [6, 6.07) is 0. The highest BCUT2D eigenvalue weighted by Gasteiger charge is 2.59. The van der Waals surface area contributed by atoms with Crippen LogP contribution in [0.2, 0.25) is 0 Å². The zero-order valence-electron chi connectivity index (χ0n) is 13.0. The highest BCUT2D eigenvalue weighted by Crippen LogP contribution is 2.69. The Balaban J connectivity index is 1.63. The third kappa shape index (κ3) is 1.99. The summed E-state index contributed by atoms with van der Waals surface area (Å²) in [5.74, 6) is 3.31. The zero-order valence-corrected chi connectivity index (χ0v) is 13.0. The summed E-state index contributed by atoms with van der Waals surface area (Å²) < 4.78 is 0. The molecule has 1 nitrogen and oxygen atoms in total. The molecule has 0 spiro atoms. The first-order valence-corrected chi connectivity index (χ1v) is 8.74. The van der Waals surface area contributed by atoms with Crippen LogP contribution in [0.3, 0.4) is 0 Å². The van der Waals surface area contributed by atoms with Crippen LogP contribution < -0.4 is 0 Å². The average molecular weight is 261 g/mol. The van der Waals surface area contributed by atoms with Crippen molar-refractivity contribution in [1.82, 2.24) is 4.90 Å². The van der Waals surface area contributed by atoms with Crippen molar-refractivity contribution in [2.24, 2.45) is 28.6 Å². The molecule has 0 aliphatic heterocycles. The molecule has 4 atom stereocenters. The molecule has 0 amide bonds. The highest BCUT2D eigenvalue weighted by molar-refractivity contribution is 5.10. The number of hydrogen-bond acceptors (Lipinski definition) is 1. The van der Waals surface area contributed by atoms with Gasteiger partial charge in [-0.25, -0.2) is 0 Å². The van der Waals surface area contributed by atoms with Crippen molar-refractivity contribution in [2.45, 2.75) is 64.2 Å². The molecule has 0 radical (unpaired) electrons. The van der Waals surface area contributed by atoms with Crippen molar-refractivity contribution in [3.8, 4) is 0 Å². The normalized spacial score (nSPS) is 49.4. The molecular weight excluding hydrogens is 230 g/mol. The first kappa shape index (κ1) is 12.7. The lowest BCUT2D eigenvalue weighted by molar-refractivity contribution is -0.141. The van der Waals surface area contributed by atoms with Crippen LogP contribution in [0.5, 0.6) is 0 Å². The minimum absolute atomic E-state index is 0.718. The third-order valence-electron chi connectivity index (χ3n) is 7.10. The van der Waals surface area contributed by atoms with Crippen molar-refractivity contribution in [3.05, 3.63) is 0 Å². The van der Waals surface area contributed by atoms with Crippen LogP contribution in [0.25, 0.3) is 0 Å². The number of rotatable bonds is 3. The lowest BCUT2D eigenvalue weighted by atomic mass is 9.41. The number of hydrogen-bond donors (Lipinski definition) is 0. The molecule has 5 saturated carbocycles. The predicted octanol–water partition coefficient (Wildman–Crippen LogP) is 4.32. The molecule has 2 unspecified atom stereocenters. The molecule has 108 valence electrons. The Labute approximate surface area is 119 Å². The second-order valence-electron chi connectivity index (χ2n) is 9.04. The van der Waals surface area contributed by atoms with E-state index in [0.29, 0.717) is 0 Å². The second-order valence-corrected chi connectivity index (χ2v) is 9.04. The van der Waals surface area contributed by atoms with Crippen LogP contribution in [-0.4, -0.2) is 25.5 Å².